The van der Waals surface area contributed by atoms with E-state index in [1.807, 2.05) is 13.8 Å². The van der Waals surface area contributed by atoms with Crippen LogP contribution < -0.4 is 0 Å². The van der Waals surface area contributed by atoms with Gasteiger partial charge in [-0.2, -0.15) is 9.40 Å². The van der Waals surface area contributed by atoms with Crippen molar-refractivity contribution >= 4 is 16.0 Å². The van der Waals surface area contributed by atoms with Crippen LogP contribution in [-0.2, 0) is 10.0 Å². The highest BCUT2D eigenvalue weighted by Gasteiger charge is 2.39. The van der Waals surface area contributed by atoms with Crippen molar-refractivity contribution in [2.75, 3.05) is 13.1 Å². The first-order valence-electron chi connectivity index (χ1n) is 6.03. The van der Waals surface area contributed by atoms with E-state index in [0.717, 1.165) is 0 Å². The standard InChI is InChI=1S/C11H17N3O4S/c1-6-4-14(5-7(6)2)19(17,18)10-8(3)12-13-9(10)11(15)16/h6-7H,4-5H2,1-3H3,(H,12,13)(H,15,16). The fourth-order valence-electron chi connectivity index (χ4n) is 2.28. The Balaban J connectivity index is 2.46. The minimum Gasteiger partial charge on any atom is -0.476 e. The van der Waals surface area contributed by atoms with Gasteiger partial charge in [-0.05, 0) is 18.8 Å². The van der Waals surface area contributed by atoms with Crippen LogP contribution in [0.15, 0.2) is 4.90 Å². The van der Waals surface area contributed by atoms with Crippen molar-refractivity contribution in [1.29, 1.82) is 0 Å². The second kappa shape index (κ2) is 4.61. The molecule has 106 valence electrons. The van der Waals surface area contributed by atoms with Gasteiger partial charge < -0.3 is 5.11 Å². The Kier molecular flexibility index (Phi) is 3.40. The van der Waals surface area contributed by atoms with E-state index in [9.17, 15) is 13.2 Å². The van der Waals surface area contributed by atoms with Crippen molar-refractivity contribution in [2.45, 2.75) is 25.7 Å². The molecule has 2 N–H and O–H groups in total. The second-order valence-corrected chi connectivity index (χ2v) is 6.98. The molecule has 1 aromatic heterocycles. The van der Waals surface area contributed by atoms with E-state index in [1.165, 1.54) is 11.2 Å². The molecule has 2 rings (SSSR count). The van der Waals surface area contributed by atoms with Crippen LogP contribution in [0, 0.1) is 18.8 Å². The molecule has 0 amide bonds. The lowest BCUT2D eigenvalue weighted by atomic mass is 10.0. The van der Waals surface area contributed by atoms with Crippen LogP contribution in [0.1, 0.15) is 30.0 Å². The van der Waals surface area contributed by atoms with Crippen molar-refractivity contribution in [3.05, 3.63) is 11.4 Å². The Morgan fingerprint density at radius 3 is 2.37 bits per heavy atom. The molecule has 1 aliphatic rings. The number of aromatic carboxylic acids is 1. The van der Waals surface area contributed by atoms with Gasteiger partial charge in [0.1, 0.15) is 4.90 Å². The van der Waals surface area contributed by atoms with E-state index >= 15 is 0 Å². The van der Waals surface area contributed by atoms with Gasteiger partial charge in [0.25, 0.3) is 0 Å². The minimum atomic E-state index is -3.81. The molecule has 8 heteroatoms. The van der Waals surface area contributed by atoms with Crippen LogP contribution in [0.3, 0.4) is 0 Å². The third-order valence-corrected chi connectivity index (χ3v) is 5.64. The number of hydrogen-bond acceptors (Lipinski definition) is 4. The van der Waals surface area contributed by atoms with Gasteiger partial charge in [-0.1, -0.05) is 13.8 Å². The van der Waals surface area contributed by atoms with Gasteiger partial charge in [-0.15, -0.1) is 0 Å². The van der Waals surface area contributed by atoms with E-state index in [2.05, 4.69) is 10.2 Å². The zero-order chi connectivity index (χ0) is 14.4. The lowest BCUT2D eigenvalue weighted by Gasteiger charge is -2.16. The number of nitrogens with one attached hydrogen (secondary N) is 1. The summed E-state index contributed by atoms with van der Waals surface area (Å²) in [6, 6.07) is 0. The maximum Gasteiger partial charge on any atom is 0.357 e. The molecule has 0 bridgehead atoms. The molecule has 0 aromatic carbocycles. The van der Waals surface area contributed by atoms with Crippen LogP contribution in [0.5, 0.6) is 0 Å². The first kappa shape index (κ1) is 14.0. The Labute approximate surface area is 111 Å². The summed E-state index contributed by atoms with van der Waals surface area (Å²) in [7, 11) is -3.81. The quantitative estimate of drug-likeness (QED) is 0.851. The summed E-state index contributed by atoms with van der Waals surface area (Å²) < 4.78 is 26.4. The van der Waals surface area contributed by atoms with Gasteiger partial charge in [0.15, 0.2) is 5.69 Å². The summed E-state index contributed by atoms with van der Waals surface area (Å²) >= 11 is 0. The summed E-state index contributed by atoms with van der Waals surface area (Å²) in [6.07, 6.45) is 0. The summed E-state index contributed by atoms with van der Waals surface area (Å²) in [5.74, 6) is -0.825. The number of hydrogen-bond donors (Lipinski definition) is 2. The number of H-pyrrole nitrogens is 1. The fourth-order valence-corrected chi connectivity index (χ4v) is 4.21. The number of rotatable bonds is 3. The van der Waals surface area contributed by atoms with E-state index in [1.54, 1.807) is 0 Å². The minimum absolute atomic E-state index is 0.221. The molecule has 7 nitrogen and oxygen atoms in total. The number of nitrogens with zero attached hydrogens (tertiary/aromatic N) is 2. The Morgan fingerprint density at radius 1 is 1.37 bits per heavy atom. The highest BCUT2D eigenvalue weighted by atomic mass is 32.2. The second-order valence-electron chi connectivity index (χ2n) is 5.11. The molecule has 19 heavy (non-hydrogen) atoms. The molecule has 1 aliphatic heterocycles. The molecular formula is C11H17N3O4S. The van der Waals surface area contributed by atoms with Gasteiger partial charge in [0.05, 0.1) is 5.69 Å². The fraction of sp³-hybridized carbons (Fsp3) is 0.636. The maximum absolute atomic E-state index is 12.5. The topological polar surface area (TPSA) is 103 Å². The molecule has 2 heterocycles. The van der Waals surface area contributed by atoms with Crippen molar-refractivity contribution in [1.82, 2.24) is 14.5 Å². The average molecular weight is 287 g/mol. The average Bonchev–Trinajstić information content (AvgIpc) is 2.84. The van der Waals surface area contributed by atoms with Crippen LogP contribution in [0.25, 0.3) is 0 Å². The number of carboxylic acid groups (broad SMARTS) is 1. The van der Waals surface area contributed by atoms with Crippen LogP contribution in [0.2, 0.25) is 0 Å². The lowest BCUT2D eigenvalue weighted by Crippen LogP contribution is -2.30. The number of carboxylic acids is 1. The molecule has 1 fully saturated rings. The normalized spacial score (nSPS) is 24.8. The van der Waals surface area contributed by atoms with Gasteiger partial charge in [-0.3, -0.25) is 5.10 Å². The highest BCUT2D eigenvalue weighted by molar-refractivity contribution is 7.89. The summed E-state index contributed by atoms with van der Waals surface area (Å²) in [5.41, 5.74) is -0.186. The van der Waals surface area contributed by atoms with Gasteiger partial charge in [-0.25, -0.2) is 13.2 Å². The first-order valence-corrected chi connectivity index (χ1v) is 7.47. The van der Waals surface area contributed by atoms with Crippen molar-refractivity contribution in [3.8, 4) is 0 Å². The van der Waals surface area contributed by atoms with Crippen LogP contribution in [0.4, 0.5) is 0 Å². The Hall–Kier alpha value is -1.41. The zero-order valence-electron chi connectivity index (χ0n) is 11.0. The zero-order valence-corrected chi connectivity index (χ0v) is 11.9. The third kappa shape index (κ3) is 2.25. The summed E-state index contributed by atoms with van der Waals surface area (Å²) in [4.78, 5) is 10.8. The molecule has 0 radical (unpaired) electrons. The number of sulfonamides is 1. The third-order valence-electron chi connectivity index (χ3n) is 3.65. The molecule has 0 aliphatic carbocycles. The van der Waals surface area contributed by atoms with Crippen LogP contribution >= 0.6 is 0 Å². The molecule has 0 saturated carbocycles. The van der Waals surface area contributed by atoms with Gasteiger partial charge >= 0.3 is 5.97 Å². The summed E-state index contributed by atoms with van der Waals surface area (Å²) in [6.45, 7) is 6.30. The van der Waals surface area contributed by atoms with Crippen molar-refractivity contribution < 1.29 is 18.3 Å². The van der Waals surface area contributed by atoms with Gasteiger partial charge in [0.2, 0.25) is 10.0 Å². The number of carbonyl (C=O) groups is 1. The Bertz CT molecular complexity index is 597. The Morgan fingerprint density at radius 2 is 1.89 bits per heavy atom. The molecule has 2 unspecified atom stereocenters. The summed E-state index contributed by atoms with van der Waals surface area (Å²) in [5, 5.41) is 15.0. The maximum atomic E-state index is 12.5. The SMILES string of the molecule is Cc1[nH]nc(C(=O)O)c1S(=O)(=O)N1CC(C)C(C)C1. The van der Waals surface area contributed by atoms with E-state index in [-0.39, 0.29) is 22.4 Å². The number of aryl methyl sites for hydroxylation is 1. The molecule has 2 atom stereocenters. The smallest absolute Gasteiger partial charge is 0.357 e. The van der Waals surface area contributed by atoms with Gasteiger partial charge in [0, 0.05) is 13.1 Å². The lowest BCUT2D eigenvalue weighted by molar-refractivity contribution is 0.0686. The van der Waals surface area contributed by atoms with Crippen LogP contribution in [-0.4, -0.2) is 47.1 Å². The molecular weight excluding hydrogens is 270 g/mol. The predicted octanol–water partition coefficient (Wildman–Crippen LogP) is 0.693. The molecule has 1 aromatic rings. The van der Waals surface area contributed by atoms with E-state index < -0.39 is 21.7 Å². The van der Waals surface area contributed by atoms with E-state index in [4.69, 9.17) is 5.11 Å². The predicted molar refractivity (Wildman–Crippen MR) is 67.4 cm³/mol. The van der Waals surface area contributed by atoms with Crippen molar-refractivity contribution in [2.24, 2.45) is 11.8 Å². The van der Waals surface area contributed by atoms with E-state index in [0.29, 0.717) is 13.1 Å². The molecule has 0 spiro atoms. The number of aromatic amines is 1. The van der Waals surface area contributed by atoms with Crippen molar-refractivity contribution in [3.63, 3.8) is 0 Å². The number of aromatic nitrogens is 2. The largest absolute Gasteiger partial charge is 0.476 e. The highest BCUT2D eigenvalue weighted by Crippen LogP contribution is 2.30. The molecule has 1 saturated heterocycles. The first-order chi connectivity index (χ1) is 8.75. The monoisotopic (exact) mass is 287 g/mol.